The zero-order valence-corrected chi connectivity index (χ0v) is 14.1. The minimum Gasteiger partial charge on any atom is -0.472 e. The van der Waals surface area contributed by atoms with Crippen molar-refractivity contribution in [2.45, 2.75) is 29.5 Å². The van der Waals surface area contributed by atoms with Gasteiger partial charge in [0, 0.05) is 19.1 Å². The molecule has 0 unspecified atom stereocenters. The number of rotatable bonds is 5. The Balaban J connectivity index is 1.51. The van der Waals surface area contributed by atoms with Gasteiger partial charge in [0.2, 0.25) is 15.9 Å². The number of amides is 1. The van der Waals surface area contributed by atoms with Crippen LogP contribution in [0.25, 0.3) is 0 Å². The summed E-state index contributed by atoms with van der Waals surface area (Å²) in [5.74, 6) is 0.0472. The van der Waals surface area contributed by atoms with Crippen LogP contribution < -0.4 is 4.72 Å². The van der Waals surface area contributed by atoms with E-state index in [1.54, 1.807) is 41.0 Å². The third kappa shape index (κ3) is 4.01. The Bertz CT molecular complexity index is 731. The van der Waals surface area contributed by atoms with Gasteiger partial charge in [0.15, 0.2) is 0 Å². The maximum Gasteiger partial charge on any atom is 0.250 e. The van der Waals surface area contributed by atoms with E-state index in [1.165, 1.54) is 11.3 Å². The van der Waals surface area contributed by atoms with Crippen molar-refractivity contribution in [1.29, 1.82) is 0 Å². The maximum absolute atomic E-state index is 12.2. The molecule has 0 aromatic carbocycles. The van der Waals surface area contributed by atoms with Gasteiger partial charge in [0.1, 0.15) is 4.21 Å². The second-order valence-electron chi connectivity index (χ2n) is 5.52. The number of likely N-dealkylation sites (tertiary alicyclic amines) is 1. The number of carbonyl (C=O) groups excluding carboxylic acids is 1. The van der Waals surface area contributed by atoms with Crippen LogP contribution in [0.3, 0.4) is 0 Å². The topological polar surface area (TPSA) is 79.6 Å². The van der Waals surface area contributed by atoms with Gasteiger partial charge in [0.25, 0.3) is 0 Å². The molecule has 1 fully saturated rings. The molecule has 1 aliphatic rings. The molecule has 0 saturated carbocycles. The number of nitrogens with one attached hydrogen (secondary N) is 1. The second kappa shape index (κ2) is 6.86. The van der Waals surface area contributed by atoms with Crippen LogP contribution in [0.2, 0.25) is 0 Å². The van der Waals surface area contributed by atoms with Gasteiger partial charge < -0.3 is 9.32 Å². The molecule has 3 heterocycles. The minimum atomic E-state index is -3.44. The molecule has 23 heavy (non-hydrogen) atoms. The van der Waals surface area contributed by atoms with Crippen molar-refractivity contribution in [2.24, 2.45) is 0 Å². The van der Waals surface area contributed by atoms with Crippen LogP contribution in [0.4, 0.5) is 0 Å². The van der Waals surface area contributed by atoms with Crippen molar-refractivity contribution >= 4 is 27.3 Å². The minimum absolute atomic E-state index is 0.0472. The summed E-state index contributed by atoms with van der Waals surface area (Å²) in [4.78, 5) is 14.0. The molecule has 1 N–H and O–H groups in total. The normalized spacial score (nSPS) is 16.6. The fourth-order valence-corrected chi connectivity index (χ4v) is 4.93. The van der Waals surface area contributed by atoms with Crippen LogP contribution in [-0.4, -0.2) is 38.4 Å². The van der Waals surface area contributed by atoms with E-state index in [1.807, 2.05) is 0 Å². The number of hydrogen-bond acceptors (Lipinski definition) is 5. The fraction of sp³-hybridized carbons (Fsp3) is 0.400. The van der Waals surface area contributed by atoms with Gasteiger partial charge in [-0.25, -0.2) is 13.1 Å². The average Bonchev–Trinajstić information content (AvgIpc) is 3.21. The lowest BCUT2D eigenvalue weighted by molar-refractivity contribution is -0.131. The van der Waals surface area contributed by atoms with E-state index in [0.29, 0.717) is 36.6 Å². The first-order chi connectivity index (χ1) is 11.0. The number of nitrogens with zero attached hydrogens (tertiary/aromatic N) is 1. The predicted molar refractivity (Wildman–Crippen MR) is 86.7 cm³/mol. The lowest BCUT2D eigenvalue weighted by Crippen LogP contribution is -2.46. The van der Waals surface area contributed by atoms with Gasteiger partial charge in [-0.15, -0.1) is 11.3 Å². The highest BCUT2D eigenvalue weighted by atomic mass is 32.2. The van der Waals surface area contributed by atoms with E-state index in [0.717, 1.165) is 5.56 Å². The molecule has 0 bridgehead atoms. The summed E-state index contributed by atoms with van der Waals surface area (Å²) in [7, 11) is -3.44. The zero-order valence-electron chi connectivity index (χ0n) is 12.5. The molecule has 1 aliphatic heterocycles. The predicted octanol–water partition coefficient (Wildman–Crippen LogP) is 1.85. The fourth-order valence-electron chi connectivity index (χ4n) is 2.62. The van der Waals surface area contributed by atoms with Gasteiger partial charge in [-0.05, 0) is 35.9 Å². The van der Waals surface area contributed by atoms with Crippen molar-refractivity contribution in [3.8, 4) is 0 Å². The number of thiophene rings is 1. The molecule has 0 aliphatic carbocycles. The van der Waals surface area contributed by atoms with Crippen LogP contribution in [0.15, 0.2) is 44.7 Å². The molecule has 0 spiro atoms. The summed E-state index contributed by atoms with van der Waals surface area (Å²) in [5.41, 5.74) is 0.857. The number of sulfonamides is 1. The third-order valence-corrected chi connectivity index (χ3v) is 6.78. The van der Waals surface area contributed by atoms with Crippen LogP contribution in [0, 0.1) is 0 Å². The van der Waals surface area contributed by atoms with Gasteiger partial charge in [0.05, 0.1) is 18.9 Å². The number of hydrogen-bond donors (Lipinski definition) is 1. The molecule has 6 nitrogen and oxygen atoms in total. The van der Waals surface area contributed by atoms with E-state index in [-0.39, 0.29) is 11.9 Å². The van der Waals surface area contributed by atoms with E-state index < -0.39 is 10.0 Å². The molecule has 2 aromatic heterocycles. The van der Waals surface area contributed by atoms with Gasteiger partial charge in [-0.1, -0.05) is 6.07 Å². The summed E-state index contributed by atoms with van der Waals surface area (Å²) >= 11 is 1.20. The summed E-state index contributed by atoms with van der Waals surface area (Å²) in [5, 5.41) is 1.74. The highest BCUT2D eigenvalue weighted by molar-refractivity contribution is 7.91. The Labute approximate surface area is 139 Å². The summed E-state index contributed by atoms with van der Waals surface area (Å²) in [6, 6.07) is 4.97. The van der Waals surface area contributed by atoms with Crippen molar-refractivity contribution < 1.29 is 17.6 Å². The van der Waals surface area contributed by atoms with E-state index in [9.17, 15) is 13.2 Å². The smallest absolute Gasteiger partial charge is 0.250 e. The highest BCUT2D eigenvalue weighted by Crippen LogP contribution is 2.19. The Kier molecular flexibility index (Phi) is 4.84. The van der Waals surface area contributed by atoms with E-state index in [2.05, 4.69) is 4.72 Å². The molecule has 1 amide bonds. The second-order valence-corrected chi connectivity index (χ2v) is 8.41. The molecular weight excluding hydrogens is 336 g/mol. The zero-order chi connectivity index (χ0) is 16.3. The molecule has 1 saturated heterocycles. The quantitative estimate of drug-likeness (QED) is 0.889. The van der Waals surface area contributed by atoms with Crippen molar-refractivity contribution in [2.75, 3.05) is 13.1 Å². The molecule has 2 aromatic rings. The highest BCUT2D eigenvalue weighted by Gasteiger charge is 2.27. The summed E-state index contributed by atoms with van der Waals surface area (Å²) in [6.07, 6.45) is 4.69. The number of piperidine rings is 1. The van der Waals surface area contributed by atoms with Gasteiger partial charge >= 0.3 is 0 Å². The Hall–Kier alpha value is -1.64. The Morgan fingerprint density at radius 1 is 1.35 bits per heavy atom. The molecule has 0 atom stereocenters. The average molecular weight is 354 g/mol. The van der Waals surface area contributed by atoms with Crippen LogP contribution in [-0.2, 0) is 21.2 Å². The standard InChI is InChI=1S/C15H18N2O4S2/c18-14(10-12-5-8-21-11-12)17-6-3-13(4-7-17)16-23(19,20)15-2-1-9-22-15/h1-2,5,8-9,11,13,16H,3-4,6-7,10H2. The van der Waals surface area contributed by atoms with Crippen molar-refractivity contribution in [1.82, 2.24) is 9.62 Å². The molecule has 0 radical (unpaired) electrons. The van der Waals surface area contributed by atoms with Gasteiger partial charge in [-0.3, -0.25) is 4.79 Å². The Morgan fingerprint density at radius 2 is 2.13 bits per heavy atom. The lowest BCUT2D eigenvalue weighted by Gasteiger charge is -2.32. The SMILES string of the molecule is O=C(Cc1ccoc1)N1CCC(NS(=O)(=O)c2cccs2)CC1. The van der Waals surface area contributed by atoms with E-state index >= 15 is 0 Å². The lowest BCUT2D eigenvalue weighted by atomic mass is 10.1. The number of furan rings is 1. The summed E-state index contributed by atoms with van der Waals surface area (Å²) in [6.45, 7) is 1.13. The third-order valence-electron chi connectivity index (χ3n) is 3.86. The summed E-state index contributed by atoms with van der Waals surface area (Å²) < 4.78 is 32.4. The van der Waals surface area contributed by atoms with Crippen LogP contribution in [0.1, 0.15) is 18.4 Å². The Morgan fingerprint density at radius 3 is 2.74 bits per heavy atom. The molecule has 3 rings (SSSR count). The molecular formula is C15H18N2O4S2. The maximum atomic E-state index is 12.2. The number of carbonyl (C=O) groups is 1. The van der Waals surface area contributed by atoms with E-state index in [4.69, 9.17) is 4.42 Å². The monoisotopic (exact) mass is 354 g/mol. The van der Waals surface area contributed by atoms with Crippen molar-refractivity contribution in [3.63, 3.8) is 0 Å². The first-order valence-electron chi connectivity index (χ1n) is 7.39. The van der Waals surface area contributed by atoms with Crippen LogP contribution >= 0.6 is 11.3 Å². The van der Waals surface area contributed by atoms with Gasteiger partial charge in [-0.2, -0.15) is 0 Å². The van der Waals surface area contributed by atoms with Crippen molar-refractivity contribution in [3.05, 3.63) is 41.7 Å². The largest absolute Gasteiger partial charge is 0.472 e. The molecule has 124 valence electrons. The van der Waals surface area contributed by atoms with Crippen LogP contribution in [0.5, 0.6) is 0 Å². The molecule has 8 heteroatoms. The first-order valence-corrected chi connectivity index (χ1v) is 9.75. The first kappa shape index (κ1) is 16.2.